The first-order valence-electron chi connectivity index (χ1n) is 10.2. The highest BCUT2D eigenvalue weighted by atomic mass is 35.5. The lowest BCUT2D eigenvalue weighted by molar-refractivity contribution is -0.137. The molecule has 28 heavy (non-hydrogen) atoms. The Morgan fingerprint density at radius 3 is 2.64 bits per heavy atom. The van der Waals surface area contributed by atoms with E-state index in [-0.39, 0.29) is 17.8 Å². The number of hydrogen-bond acceptors (Lipinski definition) is 3. The third-order valence-corrected chi connectivity index (χ3v) is 6.85. The predicted octanol–water partition coefficient (Wildman–Crippen LogP) is 4.30. The van der Waals surface area contributed by atoms with Gasteiger partial charge in [0.15, 0.2) is 0 Å². The van der Waals surface area contributed by atoms with Crippen LogP contribution in [0.4, 0.5) is 13.2 Å². The van der Waals surface area contributed by atoms with Gasteiger partial charge in [-0.25, -0.2) is 0 Å². The number of nitrogens with one attached hydrogen (secondary N) is 2. The smallest absolute Gasteiger partial charge is 0.379 e. The second-order valence-electron chi connectivity index (χ2n) is 8.43. The lowest BCUT2D eigenvalue weighted by Crippen LogP contribution is -2.53. The van der Waals surface area contributed by atoms with Crippen LogP contribution in [-0.2, 0) is 16.3 Å². The fraction of sp³-hybridized carbons (Fsp3) is 0.714. The van der Waals surface area contributed by atoms with Crippen LogP contribution in [0.2, 0.25) is 0 Å². The van der Waals surface area contributed by atoms with Gasteiger partial charge in [0, 0.05) is 30.6 Å². The lowest BCUT2D eigenvalue weighted by Gasteiger charge is -2.44. The van der Waals surface area contributed by atoms with Crippen LogP contribution in [0.25, 0.3) is 0 Å². The van der Waals surface area contributed by atoms with Crippen LogP contribution in [0.3, 0.4) is 0 Å². The molecule has 2 aliphatic carbocycles. The molecule has 1 aromatic carbocycles. The van der Waals surface area contributed by atoms with Gasteiger partial charge in [-0.05, 0) is 43.2 Å². The minimum absolute atomic E-state index is 0. The minimum Gasteiger partial charge on any atom is -0.379 e. The fourth-order valence-corrected chi connectivity index (χ4v) is 5.11. The third-order valence-electron chi connectivity index (χ3n) is 6.85. The van der Waals surface area contributed by atoms with E-state index in [1.165, 1.54) is 25.0 Å². The SMILES string of the molecule is Cl.FC(F)(F)c1cccc(C2(CNC3CCCC3C3COCCN3)CCC2)c1. The molecular weight excluding hydrogens is 389 g/mol. The Balaban J connectivity index is 0.00000225. The zero-order chi connectivity index (χ0) is 18.9. The van der Waals surface area contributed by atoms with Crippen LogP contribution in [0.15, 0.2) is 24.3 Å². The van der Waals surface area contributed by atoms with Crippen molar-refractivity contribution in [3.63, 3.8) is 0 Å². The number of hydrogen-bond donors (Lipinski definition) is 2. The van der Waals surface area contributed by atoms with E-state index >= 15 is 0 Å². The van der Waals surface area contributed by atoms with Gasteiger partial charge >= 0.3 is 6.18 Å². The van der Waals surface area contributed by atoms with Crippen molar-refractivity contribution in [2.45, 2.75) is 62.2 Å². The number of ether oxygens (including phenoxy) is 1. The maximum absolute atomic E-state index is 13.1. The Bertz CT molecular complexity index is 645. The van der Waals surface area contributed by atoms with E-state index in [0.717, 1.165) is 57.6 Å². The first-order valence-corrected chi connectivity index (χ1v) is 10.2. The quantitative estimate of drug-likeness (QED) is 0.748. The van der Waals surface area contributed by atoms with Gasteiger partial charge in [-0.2, -0.15) is 13.2 Å². The summed E-state index contributed by atoms with van der Waals surface area (Å²) in [6.07, 6.45) is 2.27. The van der Waals surface area contributed by atoms with E-state index in [1.54, 1.807) is 6.07 Å². The molecule has 3 aliphatic rings. The molecule has 1 aliphatic heterocycles. The van der Waals surface area contributed by atoms with Crippen molar-refractivity contribution in [3.8, 4) is 0 Å². The Labute approximate surface area is 171 Å². The van der Waals surface area contributed by atoms with Gasteiger partial charge in [0.2, 0.25) is 0 Å². The summed E-state index contributed by atoms with van der Waals surface area (Å²) in [6.45, 7) is 3.21. The number of morpholine rings is 1. The fourth-order valence-electron chi connectivity index (χ4n) is 5.11. The topological polar surface area (TPSA) is 33.3 Å². The molecule has 3 atom stereocenters. The maximum Gasteiger partial charge on any atom is 0.416 e. The Morgan fingerprint density at radius 2 is 2.00 bits per heavy atom. The molecule has 2 N–H and O–H groups in total. The molecule has 4 rings (SSSR count). The van der Waals surface area contributed by atoms with Gasteiger partial charge in [-0.15, -0.1) is 12.4 Å². The first-order chi connectivity index (χ1) is 13.0. The summed E-state index contributed by atoms with van der Waals surface area (Å²) in [7, 11) is 0. The highest BCUT2D eigenvalue weighted by molar-refractivity contribution is 5.85. The summed E-state index contributed by atoms with van der Waals surface area (Å²) in [5, 5.41) is 7.33. The third kappa shape index (κ3) is 4.50. The van der Waals surface area contributed by atoms with Gasteiger partial charge in [-0.1, -0.05) is 31.0 Å². The Hall–Kier alpha value is -0.820. The molecule has 0 bridgehead atoms. The van der Waals surface area contributed by atoms with E-state index < -0.39 is 11.7 Å². The van der Waals surface area contributed by atoms with Crippen molar-refractivity contribution in [2.24, 2.45) is 5.92 Å². The number of halogens is 4. The predicted molar refractivity (Wildman–Crippen MR) is 106 cm³/mol. The van der Waals surface area contributed by atoms with Gasteiger partial charge in [0.25, 0.3) is 0 Å². The van der Waals surface area contributed by atoms with Crippen LogP contribution in [0.5, 0.6) is 0 Å². The molecule has 3 unspecified atom stereocenters. The molecule has 0 amide bonds. The van der Waals surface area contributed by atoms with Gasteiger partial charge in [0.1, 0.15) is 0 Å². The maximum atomic E-state index is 13.1. The molecule has 3 fully saturated rings. The van der Waals surface area contributed by atoms with E-state index in [9.17, 15) is 13.2 Å². The molecule has 1 heterocycles. The summed E-state index contributed by atoms with van der Waals surface area (Å²) in [5.74, 6) is 0.545. The first kappa shape index (κ1) is 21.9. The standard InChI is InChI=1S/C21H29F3N2O.ClH/c22-21(23,24)16-5-1-4-15(12-16)20(8-3-9-20)14-26-18-7-2-6-17(18)19-13-27-11-10-25-19;/h1,4-5,12,17-19,25-26H,2-3,6-11,13-14H2;1H. The summed E-state index contributed by atoms with van der Waals surface area (Å²) < 4.78 is 45.0. The molecule has 1 aromatic rings. The van der Waals surface area contributed by atoms with Crippen molar-refractivity contribution in [1.82, 2.24) is 10.6 Å². The molecule has 0 aromatic heterocycles. The average molecular weight is 419 g/mol. The van der Waals surface area contributed by atoms with E-state index in [4.69, 9.17) is 4.74 Å². The molecule has 0 radical (unpaired) electrons. The lowest BCUT2D eigenvalue weighted by atomic mass is 9.64. The highest BCUT2D eigenvalue weighted by Crippen LogP contribution is 2.45. The monoisotopic (exact) mass is 418 g/mol. The van der Waals surface area contributed by atoms with Gasteiger partial charge in [0.05, 0.1) is 18.8 Å². The zero-order valence-corrected chi connectivity index (χ0v) is 16.9. The minimum atomic E-state index is -4.28. The van der Waals surface area contributed by atoms with E-state index in [1.807, 2.05) is 6.07 Å². The largest absolute Gasteiger partial charge is 0.416 e. The van der Waals surface area contributed by atoms with Crippen LogP contribution in [-0.4, -0.2) is 38.4 Å². The molecule has 1 saturated heterocycles. The highest BCUT2D eigenvalue weighted by Gasteiger charge is 2.42. The van der Waals surface area contributed by atoms with Crippen molar-refractivity contribution >= 4 is 12.4 Å². The molecular formula is C21H30ClF3N2O. The van der Waals surface area contributed by atoms with E-state index in [2.05, 4.69) is 10.6 Å². The van der Waals surface area contributed by atoms with Crippen molar-refractivity contribution in [1.29, 1.82) is 0 Å². The number of alkyl halides is 3. The Kier molecular flexibility index (Phi) is 6.96. The normalized spacial score (nSPS) is 29.8. The van der Waals surface area contributed by atoms with Crippen molar-refractivity contribution in [2.75, 3.05) is 26.3 Å². The van der Waals surface area contributed by atoms with Crippen LogP contribution in [0.1, 0.15) is 49.7 Å². The summed E-state index contributed by atoms with van der Waals surface area (Å²) in [4.78, 5) is 0. The molecule has 3 nitrogen and oxygen atoms in total. The summed E-state index contributed by atoms with van der Waals surface area (Å²) in [6, 6.07) is 6.78. The zero-order valence-electron chi connectivity index (χ0n) is 16.1. The average Bonchev–Trinajstić information content (AvgIpc) is 3.10. The van der Waals surface area contributed by atoms with Crippen molar-refractivity contribution in [3.05, 3.63) is 35.4 Å². The second kappa shape index (κ2) is 8.90. The van der Waals surface area contributed by atoms with Crippen LogP contribution >= 0.6 is 12.4 Å². The Morgan fingerprint density at radius 1 is 1.18 bits per heavy atom. The summed E-state index contributed by atoms with van der Waals surface area (Å²) >= 11 is 0. The number of rotatable bonds is 5. The van der Waals surface area contributed by atoms with Gasteiger partial charge in [-0.3, -0.25) is 0 Å². The van der Waals surface area contributed by atoms with E-state index in [0.29, 0.717) is 18.0 Å². The summed E-state index contributed by atoms with van der Waals surface area (Å²) in [5.41, 5.74) is 0.156. The van der Waals surface area contributed by atoms with Crippen LogP contribution < -0.4 is 10.6 Å². The molecule has 0 spiro atoms. The van der Waals surface area contributed by atoms with Crippen molar-refractivity contribution < 1.29 is 17.9 Å². The molecule has 158 valence electrons. The second-order valence-corrected chi connectivity index (χ2v) is 8.43. The van der Waals surface area contributed by atoms with Gasteiger partial charge < -0.3 is 15.4 Å². The number of benzene rings is 1. The van der Waals surface area contributed by atoms with Crippen LogP contribution in [0, 0.1) is 5.92 Å². The molecule has 2 saturated carbocycles. The molecule has 7 heteroatoms.